The fourth-order valence-electron chi connectivity index (χ4n) is 3.32. The smallest absolute Gasteiger partial charge is 0.254 e. The summed E-state index contributed by atoms with van der Waals surface area (Å²) in [5, 5.41) is 0.795. The Kier molecular flexibility index (Phi) is 7.50. The lowest BCUT2D eigenvalue weighted by Crippen LogP contribution is -2.40. The molecule has 0 atom stereocenters. The zero-order chi connectivity index (χ0) is 20.8. The predicted octanol–water partition coefficient (Wildman–Crippen LogP) is 3.70. The summed E-state index contributed by atoms with van der Waals surface area (Å²) < 4.78 is 5.32. The maximum atomic E-state index is 12.6. The summed E-state index contributed by atoms with van der Waals surface area (Å²) in [5.74, 6) is 1.87. The van der Waals surface area contributed by atoms with E-state index in [1.807, 2.05) is 36.1 Å². The molecule has 1 fully saturated rings. The number of thioether (sulfide) groups is 1. The molecule has 7 heteroatoms. The Morgan fingerprint density at radius 1 is 1.10 bits per heavy atom. The van der Waals surface area contributed by atoms with Crippen molar-refractivity contribution in [3.05, 3.63) is 46.6 Å². The molecule has 1 amide bonds. The zero-order valence-corrected chi connectivity index (χ0v) is 18.6. The van der Waals surface area contributed by atoms with Crippen LogP contribution in [0.2, 0.25) is 0 Å². The van der Waals surface area contributed by atoms with Crippen LogP contribution in [0.4, 0.5) is 5.82 Å². The first kappa shape index (κ1) is 21.6. The molecular formula is C22H30N4O2S. The van der Waals surface area contributed by atoms with Gasteiger partial charge in [-0.1, -0.05) is 23.9 Å². The molecule has 0 bridgehead atoms. The first-order valence-corrected chi connectivity index (χ1v) is 11.2. The molecule has 2 heterocycles. The van der Waals surface area contributed by atoms with Gasteiger partial charge in [0.25, 0.3) is 5.91 Å². The maximum absolute atomic E-state index is 12.6. The molecule has 29 heavy (non-hydrogen) atoms. The molecular weight excluding hydrogens is 384 g/mol. The van der Waals surface area contributed by atoms with E-state index in [0.29, 0.717) is 26.3 Å². The van der Waals surface area contributed by atoms with Gasteiger partial charge in [-0.25, -0.2) is 9.97 Å². The van der Waals surface area contributed by atoms with Crippen LogP contribution in [-0.4, -0.2) is 60.2 Å². The van der Waals surface area contributed by atoms with Crippen molar-refractivity contribution in [3.63, 3.8) is 0 Å². The highest BCUT2D eigenvalue weighted by Gasteiger charge is 2.18. The molecule has 1 aliphatic rings. The third-order valence-electron chi connectivity index (χ3n) is 5.27. The number of carbonyl (C=O) groups excluding carboxylic acids is 1. The number of benzene rings is 1. The van der Waals surface area contributed by atoms with E-state index in [0.717, 1.165) is 52.2 Å². The fourth-order valence-corrected chi connectivity index (χ4v) is 4.17. The molecule has 0 spiro atoms. The van der Waals surface area contributed by atoms with Crippen LogP contribution >= 0.6 is 11.8 Å². The van der Waals surface area contributed by atoms with Crippen molar-refractivity contribution in [1.29, 1.82) is 0 Å². The fraction of sp³-hybridized carbons (Fsp3) is 0.500. The number of nitrogens with zero attached hydrogens (tertiary/aromatic N) is 4. The second-order valence-electron chi connectivity index (χ2n) is 7.10. The van der Waals surface area contributed by atoms with Crippen LogP contribution in [0.25, 0.3) is 0 Å². The highest BCUT2D eigenvalue weighted by Crippen LogP contribution is 2.26. The molecule has 2 aromatic rings. The first-order chi connectivity index (χ1) is 14.0. The average molecular weight is 415 g/mol. The molecule has 0 aliphatic carbocycles. The molecule has 1 aliphatic heterocycles. The van der Waals surface area contributed by atoms with Crippen LogP contribution in [0.1, 0.15) is 41.0 Å². The lowest BCUT2D eigenvalue weighted by molar-refractivity contribution is 0.0303. The van der Waals surface area contributed by atoms with Gasteiger partial charge in [-0.15, -0.1) is 0 Å². The minimum absolute atomic E-state index is 0.0776. The molecule has 1 saturated heterocycles. The standard InChI is InChI=1S/C22H30N4O2S/c1-5-25(6-2)20-16(3)17(4)23-22(24-20)29-15-18-7-9-19(10-8-18)21(27)26-11-13-28-14-12-26/h7-10H,5-6,11-15H2,1-4H3. The van der Waals surface area contributed by atoms with Gasteiger partial charge in [0.05, 0.1) is 13.2 Å². The number of anilines is 1. The Balaban J connectivity index is 1.66. The van der Waals surface area contributed by atoms with Crippen molar-refractivity contribution in [2.45, 2.75) is 38.6 Å². The second-order valence-corrected chi connectivity index (χ2v) is 8.05. The number of carbonyl (C=O) groups is 1. The van der Waals surface area contributed by atoms with E-state index in [1.165, 1.54) is 0 Å². The summed E-state index contributed by atoms with van der Waals surface area (Å²) in [6.45, 7) is 12.8. The van der Waals surface area contributed by atoms with Gasteiger partial charge in [-0.3, -0.25) is 4.79 Å². The van der Waals surface area contributed by atoms with E-state index in [-0.39, 0.29) is 5.91 Å². The topological polar surface area (TPSA) is 58.6 Å². The molecule has 3 rings (SSSR count). The quantitative estimate of drug-likeness (QED) is 0.509. The van der Waals surface area contributed by atoms with Gasteiger partial charge < -0.3 is 14.5 Å². The van der Waals surface area contributed by atoms with E-state index in [2.05, 4.69) is 30.7 Å². The van der Waals surface area contributed by atoms with E-state index < -0.39 is 0 Å². The number of morpholine rings is 1. The van der Waals surface area contributed by atoms with E-state index >= 15 is 0 Å². The van der Waals surface area contributed by atoms with E-state index in [4.69, 9.17) is 9.72 Å². The number of amides is 1. The lowest BCUT2D eigenvalue weighted by atomic mass is 10.1. The van der Waals surface area contributed by atoms with Crippen LogP contribution in [0, 0.1) is 13.8 Å². The number of ether oxygens (including phenoxy) is 1. The van der Waals surface area contributed by atoms with Crippen molar-refractivity contribution in [2.24, 2.45) is 0 Å². The summed E-state index contributed by atoms with van der Waals surface area (Å²) >= 11 is 1.63. The molecule has 1 aromatic heterocycles. The normalized spacial score (nSPS) is 14.1. The Morgan fingerprint density at radius 3 is 2.38 bits per heavy atom. The van der Waals surface area contributed by atoms with Crippen LogP contribution in [-0.2, 0) is 10.5 Å². The molecule has 1 aromatic carbocycles. The minimum Gasteiger partial charge on any atom is -0.378 e. The van der Waals surface area contributed by atoms with Gasteiger partial charge in [-0.05, 0) is 45.4 Å². The van der Waals surface area contributed by atoms with E-state index in [9.17, 15) is 4.79 Å². The molecule has 0 unspecified atom stereocenters. The largest absolute Gasteiger partial charge is 0.378 e. The van der Waals surface area contributed by atoms with Gasteiger partial charge >= 0.3 is 0 Å². The van der Waals surface area contributed by atoms with E-state index in [1.54, 1.807) is 11.8 Å². The molecule has 0 saturated carbocycles. The number of hydrogen-bond donors (Lipinski definition) is 0. The first-order valence-electron chi connectivity index (χ1n) is 10.2. The van der Waals surface area contributed by atoms with Crippen LogP contribution in [0.15, 0.2) is 29.4 Å². The van der Waals surface area contributed by atoms with Crippen molar-refractivity contribution >= 4 is 23.5 Å². The van der Waals surface area contributed by atoms with Gasteiger partial charge in [0.1, 0.15) is 5.82 Å². The molecule has 156 valence electrons. The Labute approximate surface area is 177 Å². The third kappa shape index (κ3) is 5.28. The predicted molar refractivity (Wildman–Crippen MR) is 118 cm³/mol. The van der Waals surface area contributed by atoms with Crippen molar-refractivity contribution in [3.8, 4) is 0 Å². The van der Waals surface area contributed by atoms with Crippen molar-refractivity contribution < 1.29 is 9.53 Å². The molecule has 0 radical (unpaired) electrons. The monoisotopic (exact) mass is 414 g/mol. The highest BCUT2D eigenvalue weighted by atomic mass is 32.2. The Morgan fingerprint density at radius 2 is 1.76 bits per heavy atom. The Hall–Kier alpha value is -2.12. The number of hydrogen-bond acceptors (Lipinski definition) is 6. The van der Waals surface area contributed by atoms with Crippen LogP contribution in [0.3, 0.4) is 0 Å². The summed E-state index contributed by atoms with van der Waals surface area (Å²) in [5.41, 5.74) is 4.05. The number of aromatic nitrogens is 2. The van der Waals surface area contributed by atoms with Gasteiger partial charge in [-0.2, -0.15) is 0 Å². The average Bonchev–Trinajstić information content (AvgIpc) is 2.76. The third-order valence-corrected chi connectivity index (χ3v) is 6.19. The van der Waals surface area contributed by atoms with Gasteiger partial charge in [0, 0.05) is 48.8 Å². The molecule has 6 nitrogen and oxygen atoms in total. The van der Waals surface area contributed by atoms with Crippen LogP contribution < -0.4 is 4.90 Å². The van der Waals surface area contributed by atoms with Crippen LogP contribution in [0.5, 0.6) is 0 Å². The number of aryl methyl sites for hydroxylation is 1. The minimum atomic E-state index is 0.0776. The second kappa shape index (κ2) is 10.1. The van der Waals surface area contributed by atoms with Crippen molar-refractivity contribution in [2.75, 3.05) is 44.3 Å². The summed E-state index contributed by atoms with van der Waals surface area (Å²) in [7, 11) is 0. The summed E-state index contributed by atoms with van der Waals surface area (Å²) in [6.07, 6.45) is 0. The lowest BCUT2D eigenvalue weighted by Gasteiger charge is -2.26. The summed E-state index contributed by atoms with van der Waals surface area (Å²) in [6, 6.07) is 7.87. The number of rotatable bonds is 7. The van der Waals surface area contributed by atoms with Gasteiger partial charge in [0.15, 0.2) is 5.16 Å². The van der Waals surface area contributed by atoms with Crippen molar-refractivity contribution in [1.82, 2.24) is 14.9 Å². The van der Waals surface area contributed by atoms with Gasteiger partial charge in [0.2, 0.25) is 0 Å². The highest BCUT2D eigenvalue weighted by molar-refractivity contribution is 7.98. The summed E-state index contributed by atoms with van der Waals surface area (Å²) in [4.78, 5) is 26.1. The maximum Gasteiger partial charge on any atom is 0.254 e. The SMILES string of the molecule is CCN(CC)c1nc(SCc2ccc(C(=O)N3CCOCC3)cc2)nc(C)c1C. The molecule has 0 N–H and O–H groups in total. The Bertz CT molecular complexity index is 831. The zero-order valence-electron chi connectivity index (χ0n) is 17.8.